The van der Waals surface area contributed by atoms with Gasteiger partial charge in [0.1, 0.15) is 30.2 Å². The number of thioether (sulfide) groups is 1. The fourth-order valence-corrected chi connectivity index (χ4v) is 3.41. The van der Waals surface area contributed by atoms with Crippen LogP contribution in [0.1, 0.15) is 86.0 Å². The SMILES string of the molecule is CC(C)CC(N)C(=O)O.CCC(C)C(N)C(=O)O.CCCCC(N)C(=O)O.CSCCC(N)C(=O)O.O=C(O)C1CCCN1. The number of hydrogen-bond donors (Lipinski definition) is 10. The minimum atomic E-state index is -0.913. The lowest BCUT2D eigenvalue weighted by Gasteiger charge is -2.11. The van der Waals surface area contributed by atoms with E-state index in [0.717, 1.165) is 44.4 Å². The molecule has 1 aliphatic rings. The second-order valence-corrected chi connectivity index (χ2v) is 11.6. The van der Waals surface area contributed by atoms with Gasteiger partial charge in [0.05, 0.1) is 0 Å². The van der Waals surface area contributed by atoms with E-state index < -0.39 is 54.0 Å². The first kappa shape index (κ1) is 48.4. The zero-order chi connectivity index (χ0) is 35.4. The summed E-state index contributed by atoms with van der Waals surface area (Å²) in [5.41, 5.74) is 20.9. The Bertz CT molecular complexity index is 762. The topological polar surface area (TPSA) is 303 Å². The average molecular weight is 658 g/mol. The maximum Gasteiger partial charge on any atom is 0.320 e. The van der Waals surface area contributed by atoms with Crippen molar-refractivity contribution in [3.63, 3.8) is 0 Å². The van der Waals surface area contributed by atoms with Gasteiger partial charge in [0.15, 0.2) is 0 Å². The van der Waals surface area contributed by atoms with Crippen LogP contribution in [0.2, 0.25) is 0 Å². The number of rotatable bonds is 15. The highest BCUT2D eigenvalue weighted by Gasteiger charge is 2.20. The van der Waals surface area contributed by atoms with Crippen molar-refractivity contribution in [2.45, 2.75) is 116 Å². The van der Waals surface area contributed by atoms with Crippen LogP contribution in [0, 0.1) is 11.8 Å². The van der Waals surface area contributed by atoms with Crippen LogP contribution in [-0.4, -0.2) is 104 Å². The lowest BCUT2D eigenvalue weighted by Crippen LogP contribution is -2.36. The Hall–Kier alpha value is -2.50. The summed E-state index contributed by atoms with van der Waals surface area (Å²) in [5.74, 6) is -3.12. The van der Waals surface area contributed by atoms with Gasteiger partial charge in [-0.15, -0.1) is 0 Å². The molecule has 44 heavy (non-hydrogen) atoms. The van der Waals surface area contributed by atoms with E-state index in [4.69, 9.17) is 48.5 Å². The Balaban J connectivity index is -0.000000227. The van der Waals surface area contributed by atoms with Crippen molar-refractivity contribution < 1.29 is 49.5 Å². The molecule has 0 radical (unpaired) electrons. The number of aliphatic carboxylic acids is 5. The predicted molar refractivity (Wildman–Crippen MR) is 173 cm³/mol. The molecule has 6 atom stereocenters. The first-order valence-corrected chi connectivity index (χ1v) is 16.1. The molecule has 16 heteroatoms. The second-order valence-electron chi connectivity index (χ2n) is 10.6. The highest BCUT2D eigenvalue weighted by molar-refractivity contribution is 7.98. The van der Waals surface area contributed by atoms with Crippen LogP contribution < -0.4 is 28.3 Å². The number of carboxylic acids is 5. The van der Waals surface area contributed by atoms with E-state index in [1.807, 2.05) is 40.9 Å². The molecule has 1 heterocycles. The van der Waals surface area contributed by atoms with Gasteiger partial charge >= 0.3 is 29.8 Å². The molecule has 262 valence electrons. The molecule has 0 aromatic heterocycles. The van der Waals surface area contributed by atoms with Gasteiger partial charge in [0, 0.05) is 0 Å². The molecule has 1 saturated heterocycles. The second kappa shape index (κ2) is 30.5. The maximum absolute atomic E-state index is 10.2. The molecular weight excluding hydrogens is 598 g/mol. The van der Waals surface area contributed by atoms with Crippen LogP contribution >= 0.6 is 11.8 Å². The van der Waals surface area contributed by atoms with E-state index in [1.54, 1.807) is 11.8 Å². The fourth-order valence-electron chi connectivity index (χ4n) is 2.92. The van der Waals surface area contributed by atoms with Crippen LogP contribution in [0.15, 0.2) is 0 Å². The molecule has 15 nitrogen and oxygen atoms in total. The number of nitrogens with two attached hydrogens (primary N) is 4. The largest absolute Gasteiger partial charge is 0.480 e. The quantitative estimate of drug-likeness (QED) is 0.119. The molecule has 0 saturated carbocycles. The summed E-state index contributed by atoms with van der Waals surface area (Å²) < 4.78 is 0. The van der Waals surface area contributed by atoms with Crippen LogP contribution in [0.5, 0.6) is 0 Å². The maximum atomic E-state index is 10.2. The van der Waals surface area contributed by atoms with E-state index in [1.165, 1.54) is 0 Å². The minimum absolute atomic E-state index is 0.0718. The van der Waals surface area contributed by atoms with Crippen molar-refractivity contribution in [1.82, 2.24) is 5.32 Å². The zero-order valence-electron chi connectivity index (χ0n) is 27.1. The van der Waals surface area contributed by atoms with E-state index >= 15 is 0 Å². The third kappa shape index (κ3) is 32.4. The van der Waals surface area contributed by atoms with Crippen molar-refractivity contribution >= 4 is 41.6 Å². The molecule has 6 unspecified atom stereocenters. The Kier molecular flexibility index (Phi) is 33.6. The molecule has 1 aliphatic heterocycles. The van der Waals surface area contributed by atoms with Gasteiger partial charge in [0.2, 0.25) is 0 Å². The zero-order valence-corrected chi connectivity index (χ0v) is 27.9. The monoisotopic (exact) mass is 657 g/mol. The van der Waals surface area contributed by atoms with Crippen LogP contribution in [-0.2, 0) is 24.0 Å². The fraction of sp³-hybridized carbons (Fsp3) is 0.821. The van der Waals surface area contributed by atoms with Crippen LogP contribution in [0.3, 0.4) is 0 Å². The standard InChI is InChI=1S/3C6H13NO2.C5H11NO2S.C5H9NO2/c1-4(2)3-5(7)6(8)9;1-3-4(2)5(7)6(8)9;1-2-3-4-5(7)6(8)9;1-9-3-2-4(6)5(7)8;7-5(8)4-2-1-3-6-4/h2*4-5H,3,7H2,1-2H3,(H,8,9);5H,2-4,7H2,1H3,(H,8,9);4H,2-3,6H2,1H3,(H,7,8);4,6H,1-3H2,(H,7,8). The van der Waals surface area contributed by atoms with Crippen molar-refractivity contribution in [1.29, 1.82) is 0 Å². The van der Waals surface area contributed by atoms with Crippen molar-refractivity contribution in [3.05, 3.63) is 0 Å². The van der Waals surface area contributed by atoms with Gasteiger partial charge in [-0.2, -0.15) is 11.8 Å². The number of carboxylic acid groups (broad SMARTS) is 5. The average Bonchev–Trinajstić information content (AvgIpc) is 3.50. The van der Waals surface area contributed by atoms with Gasteiger partial charge in [-0.1, -0.05) is 53.9 Å². The Morgan fingerprint density at radius 1 is 0.795 bits per heavy atom. The molecule has 0 bridgehead atoms. The van der Waals surface area contributed by atoms with Gasteiger partial charge in [-0.25, -0.2) is 0 Å². The highest BCUT2D eigenvalue weighted by atomic mass is 32.2. The number of hydrogen-bond acceptors (Lipinski definition) is 11. The first-order valence-electron chi connectivity index (χ1n) is 14.7. The van der Waals surface area contributed by atoms with Crippen molar-refractivity contribution in [3.8, 4) is 0 Å². The highest BCUT2D eigenvalue weighted by Crippen LogP contribution is 2.05. The van der Waals surface area contributed by atoms with E-state index in [-0.39, 0.29) is 12.0 Å². The number of nitrogens with one attached hydrogen (secondary N) is 1. The van der Waals surface area contributed by atoms with Crippen LogP contribution in [0.4, 0.5) is 0 Å². The molecule has 14 N–H and O–H groups in total. The summed E-state index contributed by atoms with van der Waals surface area (Å²) in [6.45, 7) is 10.5. The Morgan fingerprint density at radius 3 is 1.50 bits per heavy atom. The van der Waals surface area contributed by atoms with Gasteiger partial charge < -0.3 is 53.8 Å². The van der Waals surface area contributed by atoms with Crippen LogP contribution in [0.25, 0.3) is 0 Å². The minimum Gasteiger partial charge on any atom is -0.480 e. The van der Waals surface area contributed by atoms with Gasteiger partial charge in [0.25, 0.3) is 0 Å². The number of unbranched alkanes of at least 4 members (excludes halogenated alkanes) is 1. The first-order chi connectivity index (χ1) is 20.3. The molecule has 0 aromatic rings. The summed E-state index contributed by atoms with van der Waals surface area (Å²) in [6, 6.07) is -3.00. The summed E-state index contributed by atoms with van der Waals surface area (Å²) in [6.07, 6.45) is 8.11. The summed E-state index contributed by atoms with van der Waals surface area (Å²) in [7, 11) is 0. The molecule has 0 aromatic carbocycles. The lowest BCUT2D eigenvalue weighted by molar-refractivity contribution is -0.140. The summed E-state index contributed by atoms with van der Waals surface area (Å²) >= 11 is 1.60. The van der Waals surface area contributed by atoms with Gasteiger partial charge in [-0.3, -0.25) is 24.0 Å². The molecule has 0 aliphatic carbocycles. The molecule has 0 amide bonds. The third-order valence-corrected chi connectivity index (χ3v) is 6.72. The Labute approximate surface area is 265 Å². The molecule has 0 spiro atoms. The third-order valence-electron chi connectivity index (χ3n) is 6.08. The van der Waals surface area contributed by atoms with E-state index in [9.17, 15) is 24.0 Å². The summed E-state index contributed by atoms with van der Waals surface area (Å²) in [5, 5.41) is 44.4. The normalized spacial score (nSPS) is 16.8. The molecular formula is C28H59N5O10S. The van der Waals surface area contributed by atoms with E-state index in [2.05, 4.69) is 5.32 Å². The molecule has 1 fully saturated rings. The smallest absolute Gasteiger partial charge is 0.320 e. The summed E-state index contributed by atoms with van der Waals surface area (Å²) in [4.78, 5) is 50.6. The van der Waals surface area contributed by atoms with Gasteiger partial charge in [-0.05, 0) is 62.5 Å². The number of carbonyl (C=O) groups is 5. The van der Waals surface area contributed by atoms with Crippen molar-refractivity contribution in [2.75, 3.05) is 18.6 Å². The lowest BCUT2D eigenvalue weighted by atomic mass is 10.0. The van der Waals surface area contributed by atoms with Crippen molar-refractivity contribution in [2.24, 2.45) is 34.8 Å². The molecule has 1 rings (SSSR count). The predicted octanol–water partition coefficient (Wildman–Crippen LogP) is 1.45. The Morgan fingerprint density at radius 2 is 1.27 bits per heavy atom. The van der Waals surface area contributed by atoms with E-state index in [0.29, 0.717) is 25.2 Å².